The fourth-order valence-electron chi connectivity index (χ4n) is 13.5. The van der Waals surface area contributed by atoms with Crippen molar-refractivity contribution in [3.63, 3.8) is 0 Å². The molecule has 0 aromatic carbocycles. The molecule has 3 N–H and O–H groups in total. The number of amides is 2. The summed E-state index contributed by atoms with van der Waals surface area (Å²) in [6, 6.07) is 0. The highest BCUT2D eigenvalue weighted by atomic mass is 16.6. The third kappa shape index (κ3) is 4.20. The van der Waals surface area contributed by atoms with Gasteiger partial charge in [0.1, 0.15) is 12.2 Å². The van der Waals surface area contributed by atoms with Gasteiger partial charge >= 0.3 is 12.2 Å². The second-order valence-corrected chi connectivity index (χ2v) is 17.7. The van der Waals surface area contributed by atoms with Crippen LogP contribution in [-0.4, -0.2) is 79.0 Å². The molecule has 7 fully saturated rings. The maximum atomic E-state index is 13.2. The largest absolute Gasteiger partial charge is 0.446 e. The Morgan fingerprint density at radius 1 is 0.978 bits per heavy atom. The van der Waals surface area contributed by atoms with E-state index in [1.807, 2.05) is 13.8 Å². The van der Waals surface area contributed by atoms with Crippen molar-refractivity contribution >= 4 is 12.2 Å². The van der Waals surface area contributed by atoms with Crippen LogP contribution in [0, 0.1) is 56.7 Å². The Labute approximate surface area is 269 Å². The number of rotatable bonds is 4. The van der Waals surface area contributed by atoms with Crippen molar-refractivity contribution in [1.29, 1.82) is 0 Å². The molecule has 5 aliphatic carbocycles. The monoisotopic (exact) mass is 630 g/mol. The summed E-state index contributed by atoms with van der Waals surface area (Å²) in [4.78, 5) is 26.8. The molecule has 13 unspecified atom stereocenters. The lowest BCUT2D eigenvalue weighted by atomic mass is 9.41. The number of primary amides is 1. The second kappa shape index (κ2) is 10.5. The van der Waals surface area contributed by atoms with E-state index in [9.17, 15) is 14.7 Å². The minimum absolute atomic E-state index is 0.0354. The SMILES string of the molecule is CC(C)C(OC(N)=O)C1CC(C)C2C(O1)C(O)C1(C)C3CCC4C(C)(C)C(OC(=O)N5CCOCC5)CCC45CC35CCC21C. The van der Waals surface area contributed by atoms with Crippen LogP contribution in [0.5, 0.6) is 0 Å². The van der Waals surface area contributed by atoms with Gasteiger partial charge in [0.15, 0.2) is 0 Å². The zero-order valence-electron chi connectivity index (χ0n) is 28.7. The van der Waals surface area contributed by atoms with Crippen LogP contribution in [0.25, 0.3) is 0 Å². The standard InChI is InChI=1S/C36H58N2O7/c1-20(2)27(45-30(37)40)22-18-21(3)26-28(43-22)29(39)34(7)24-9-8-23-32(4,5)25(44-31(41)38-14-16-42-17-15-38)10-11-35(23)19-36(24,35)13-12-33(26,34)6/h20-29,39H,8-19H2,1-7H3,(H2,37,40). The van der Waals surface area contributed by atoms with Crippen molar-refractivity contribution in [2.75, 3.05) is 26.3 Å². The van der Waals surface area contributed by atoms with E-state index in [1.54, 1.807) is 4.90 Å². The number of aliphatic hydroxyl groups excluding tert-OH is 1. The number of hydrogen-bond donors (Lipinski definition) is 2. The van der Waals surface area contributed by atoms with Crippen molar-refractivity contribution in [2.45, 2.75) is 130 Å². The molecule has 0 radical (unpaired) electrons. The number of carbonyl (C=O) groups is 2. The van der Waals surface area contributed by atoms with Crippen molar-refractivity contribution < 1.29 is 33.6 Å². The summed E-state index contributed by atoms with van der Waals surface area (Å²) in [7, 11) is 0. The first-order chi connectivity index (χ1) is 21.1. The summed E-state index contributed by atoms with van der Waals surface area (Å²) in [5.41, 5.74) is 5.56. The lowest BCUT2D eigenvalue weighted by Gasteiger charge is -2.63. The van der Waals surface area contributed by atoms with Crippen LogP contribution >= 0.6 is 0 Å². The molecular formula is C36H58N2O7. The molecule has 9 nitrogen and oxygen atoms in total. The molecule has 9 heteroatoms. The minimum atomic E-state index is -0.766. The maximum absolute atomic E-state index is 13.2. The van der Waals surface area contributed by atoms with Crippen LogP contribution in [0.2, 0.25) is 0 Å². The molecule has 0 aromatic rings. The molecule has 2 heterocycles. The van der Waals surface area contributed by atoms with Gasteiger partial charge in [0.05, 0.1) is 31.5 Å². The Morgan fingerprint density at radius 3 is 2.31 bits per heavy atom. The lowest BCUT2D eigenvalue weighted by molar-refractivity contribution is -0.185. The predicted molar refractivity (Wildman–Crippen MR) is 168 cm³/mol. The third-order valence-corrected chi connectivity index (χ3v) is 15.6. The number of nitrogens with two attached hydrogens (primary N) is 1. The summed E-state index contributed by atoms with van der Waals surface area (Å²) < 4.78 is 24.2. The molecule has 45 heavy (non-hydrogen) atoms. The van der Waals surface area contributed by atoms with Crippen molar-refractivity contribution in [1.82, 2.24) is 4.90 Å². The van der Waals surface area contributed by atoms with E-state index in [0.29, 0.717) is 44.1 Å². The van der Waals surface area contributed by atoms with Gasteiger partial charge in [0.2, 0.25) is 0 Å². The number of fused-ring (bicyclic) bond motifs is 4. The van der Waals surface area contributed by atoms with Crippen LogP contribution in [0.3, 0.4) is 0 Å². The van der Waals surface area contributed by atoms with Crippen LogP contribution < -0.4 is 5.73 Å². The fraction of sp³-hybridized carbons (Fsp3) is 0.944. The van der Waals surface area contributed by atoms with E-state index in [1.165, 1.54) is 12.8 Å². The van der Waals surface area contributed by atoms with E-state index in [-0.39, 0.29) is 63.3 Å². The first-order valence-corrected chi connectivity index (χ1v) is 18.0. The van der Waals surface area contributed by atoms with Gasteiger partial charge in [-0.25, -0.2) is 9.59 Å². The van der Waals surface area contributed by atoms with Gasteiger partial charge in [0, 0.05) is 23.9 Å². The van der Waals surface area contributed by atoms with Crippen molar-refractivity contribution in [3.05, 3.63) is 0 Å². The highest BCUT2D eigenvalue weighted by Crippen LogP contribution is 2.89. The number of ether oxygens (including phenoxy) is 4. The number of aliphatic hydroxyl groups is 1. The van der Waals surface area contributed by atoms with Gasteiger partial charge in [-0.15, -0.1) is 0 Å². The molecule has 2 saturated heterocycles. The molecule has 2 aliphatic heterocycles. The molecule has 2 amide bonds. The minimum Gasteiger partial charge on any atom is -0.446 e. The van der Waals surface area contributed by atoms with Gasteiger partial charge in [0.25, 0.3) is 0 Å². The predicted octanol–water partition coefficient (Wildman–Crippen LogP) is 5.76. The summed E-state index contributed by atoms with van der Waals surface area (Å²) >= 11 is 0. The molecule has 2 spiro atoms. The van der Waals surface area contributed by atoms with Gasteiger partial charge in [-0.1, -0.05) is 48.5 Å². The molecule has 13 atom stereocenters. The van der Waals surface area contributed by atoms with E-state index in [2.05, 4.69) is 34.6 Å². The van der Waals surface area contributed by atoms with Gasteiger partial charge in [-0.05, 0) is 97.2 Å². The van der Waals surface area contributed by atoms with Crippen molar-refractivity contribution in [2.24, 2.45) is 62.4 Å². The zero-order valence-corrected chi connectivity index (χ0v) is 28.7. The summed E-state index contributed by atoms with van der Waals surface area (Å²) in [5.74, 6) is 1.59. The van der Waals surface area contributed by atoms with Crippen LogP contribution in [0.15, 0.2) is 0 Å². The molecule has 254 valence electrons. The van der Waals surface area contributed by atoms with E-state index < -0.39 is 18.3 Å². The Kier molecular flexibility index (Phi) is 7.43. The number of nitrogens with zero attached hydrogens (tertiary/aromatic N) is 1. The van der Waals surface area contributed by atoms with Gasteiger partial charge < -0.3 is 34.7 Å². The highest BCUT2D eigenvalue weighted by molar-refractivity contribution is 5.68. The first kappa shape index (κ1) is 32.0. The smallest absolute Gasteiger partial charge is 0.410 e. The van der Waals surface area contributed by atoms with Crippen LogP contribution in [0.4, 0.5) is 9.59 Å². The quantitative estimate of drug-likeness (QED) is 0.405. The molecule has 5 saturated carbocycles. The average Bonchev–Trinajstić information content (AvgIpc) is 3.62. The van der Waals surface area contributed by atoms with Crippen LogP contribution in [-0.2, 0) is 18.9 Å². The summed E-state index contributed by atoms with van der Waals surface area (Å²) in [6.45, 7) is 18.3. The van der Waals surface area contributed by atoms with Crippen LogP contribution in [0.1, 0.15) is 99.8 Å². The lowest BCUT2D eigenvalue weighted by Crippen LogP contribution is -2.60. The maximum Gasteiger partial charge on any atom is 0.410 e. The fourth-order valence-corrected chi connectivity index (χ4v) is 13.5. The normalized spacial score (nSPS) is 50.3. The van der Waals surface area contributed by atoms with E-state index in [0.717, 1.165) is 38.5 Å². The first-order valence-electron chi connectivity index (χ1n) is 18.0. The second-order valence-electron chi connectivity index (χ2n) is 17.7. The van der Waals surface area contributed by atoms with Crippen molar-refractivity contribution in [3.8, 4) is 0 Å². The number of carbonyl (C=O) groups excluding carboxylic acids is 2. The van der Waals surface area contributed by atoms with E-state index >= 15 is 0 Å². The Hall–Kier alpha value is -1.58. The number of morpholine rings is 1. The zero-order chi connectivity index (χ0) is 32.3. The average molecular weight is 631 g/mol. The molecule has 7 aliphatic rings. The molecule has 0 bridgehead atoms. The van der Waals surface area contributed by atoms with E-state index in [4.69, 9.17) is 24.7 Å². The Bertz CT molecular complexity index is 1200. The van der Waals surface area contributed by atoms with Gasteiger partial charge in [-0.3, -0.25) is 0 Å². The van der Waals surface area contributed by atoms with Gasteiger partial charge in [-0.2, -0.15) is 0 Å². The Morgan fingerprint density at radius 2 is 1.64 bits per heavy atom. The third-order valence-electron chi connectivity index (χ3n) is 15.6. The summed E-state index contributed by atoms with van der Waals surface area (Å²) in [6.07, 6.45) is 5.99. The molecule has 0 aromatic heterocycles. The topological polar surface area (TPSA) is 121 Å². The number of hydrogen-bond acceptors (Lipinski definition) is 7. The highest BCUT2D eigenvalue weighted by Gasteiger charge is 2.84. The molecular weight excluding hydrogens is 572 g/mol. The summed E-state index contributed by atoms with van der Waals surface area (Å²) in [5, 5.41) is 12.5. The Balaban J connectivity index is 1.14. The molecule has 7 rings (SSSR count).